The Bertz CT molecular complexity index is 7520. The van der Waals surface area contributed by atoms with Gasteiger partial charge in [-0.15, -0.1) is 0 Å². The van der Waals surface area contributed by atoms with Crippen molar-refractivity contribution in [2.45, 2.75) is 43.9 Å². The van der Waals surface area contributed by atoms with Gasteiger partial charge in [0.05, 0.1) is 5.41 Å². The molecule has 6 heteroatoms. The summed E-state index contributed by atoms with van der Waals surface area (Å²) in [5.41, 5.74) is 27.5. The van der Waals surface area contributed by atoms with Crippen LogP contribution in [0.5, 0.6) is 0 Å². The van der Waals surface area contributed by atoms with Crippen LogP contribution in [0.3, 0.4) is 0 Å². The average molecular weight is 1540 g/mol. The third kappa shape index (κ3) is 11.3. The van der Waals surface area contributed by atoms with E-state index in [1.165, 1.54) is 138 Å². The Kier molecular flexibility index (Phi) is 16.4. The SMILES string of the molecule is CC1(C)c2ccccc2-c2ccc(-c3nc(-c4ccc5c(c4)C(C)(C)c4ccccc4-5)nc(-c4ccc5c(-c6ccccc6)c6ccccc6c(-c6ccccc6)c5c4)n3)cc21.c1ccc(C2(c3ccccc3)c3ccccc3-c3ccc(-c4nc(-c5cc6ccccc6c6ccccc56)nc(-c5cc6ccccc6c6ccccc56)n4)cc32)cc1. The van der Waals surface area contributed by atoms with Crippen LogP contribution < -0.4 is 0 Å². The molecule has 19 aromatic carbocycles. The Morgan fingerprint density at radius 1 is 0.165 bits per heavy atom. The summed E-state index contributed by atoms with van der Waals surface area (Å²) in [4.78, 5) is 32.4. The quantitative estimate of drug-likeness (QED) is 0.100. The van der Waals surface area contributed by atoms with Gasteiger partial charge in [-0.3, -0.25) is 0 Å². The molecule has 0 amide bonds. The first kappa shape index (κ1) is 71.1. The monoisotopic (exact) mass is 1540 g/mol. The second-order valence-electron chi connectivity index (χ2n) is 33.4. The van der Waals surface area contributed by atoms with Crippen LogP contribution in [0.2, 0.25) is 0 Å². The van der Waals surface area contributed by atoms with Gasteiger partial charge in [-0.05, 0) is 201 Å². The van der Waals surface area contributed by atoms with Crippen molar-refractivity contribution in [2.75, 3.05) is 0 Å². The molecule has 2 heterocycles. The number of hydrogen-bond acceptors (Lipinski definition) is 6. The Labute approximate surface area is 702 Å². The van der Waals surface area contributed by atoms with Gasteiger partial charge in [0.25, 0.3) is 0 Å². The Morgan fingerprint density at radius 3 is 0.901 bits per heavy atom. The van der Waals surface area contributed by atoms with Crippen molar-refractivity contribution in [2.24, 2.45) is 0 Å². The number of aromatic nitrogens is 6. The summed E-state index contributed by atoms with van der Waals surface area (Å²) in [6.07, 6.45) is 0. The first-order valence-electron chi connectivity index (χ1n) is 41.8. The normalized spacial score (nSPS) is 13.5. The standard InChI is InChI=1S/C59H43N3.C56H35N3/c1-58(2)49-25-15-13-21-41(49)43-30-27-39(34-51(43)58)56-60-55(61-57(62-56)40-28-31-44-42-22-14-16-26-50(42)59(3,4)52(44)35-40)38-29-32-47-48(33-38)54(37-19-9-6-10-20-37)46-24-12-11-23-45(46)53(47)36-17-7-5-8-18-36;1-3-19-39(20-4-1)56(40-21-5-2-6-22-40)51-30-16-15-29-47(51)48-32-31-38(35-52(48)56)53-57-54(49-33-36-17-7-9-23-41(36)43-25-11-13-27-45(43)49)59-55(58-53)50-34-37-18-8-10-24-42(37)44-26-12-14-28-46(44)50/h5-35H,1-4H3;1-35H. The third-order valence-electron chi connectivity index (χ3n) is 26.1. The molecule has 568 valence electrons. The van der Waals surface area contributed by atoms with Gasteiger partial charge in [-0.1, -0.05) is 392 Å². The molecule has 0 unspecified atom stereocenters. The van der Waals surface area contributed by atoms with E-state index < -0.39 is 5.41 Å². The molecular formula is C115H78N6. The lowest BCUT2D eigenvalue weighted by Gasteiger charge is -2.34. The molecule has 3 aliphatic carbocycles. The Morgan fingerprint density at radius 2 is 0.455 bits per heavy atom. The highest BCUT2D eigenvalue weighted by atomic mass is 15.0. The first-order valence-corrected chi connectivity index (χ1v) is 41.8. The van der Waals surface area contributed by atoms with Gasteiger partial charge in [-0.25, -0.2) is 29.9 Å². The maximum atomic E-state index is 5.44. The topological polar surface area (TPSA) is 77.3 Å². The highest BCUT2D eigenvalue weighted by Gasteiger charge is 2.47. The third-order valence-corrected chi connectivity index (χ3v) is 26.1. The maximum Gasteiger partial charge on any atom is 0.164 e. The molecule has 0 N–H and O–H groups in total. The van der Waals surface area contributed by atoms with Crippen LogP contribution in [0.4, 0.5) is 0 Å². The maximum absolute atomic E-state index is 5.44. The Balaban J connectivity index is 0.000000141. The largest absolute Gasteiger partial charge is 0.208 e. The molecule has 3 aliphatic rings. The molecule has 0 atom stereocenters. The van der Waals surface area contributed by atoms with Crippen molar-refractivity contribution in [3.8, 4) is 124 Å². The molecular weight excluding hydrogens is 1470 g/mol. The van der Waals surface area contributed by atoms with Crippen molar-refractivity contribution >= 4 is 64.6 Å². The van der Waals surface area contributed by atoms with Crippen LogP contribution >= 0.6 is 0 Å². The minimum Gasteiger partial charge on any atom is -0.208 e. The molecule has 0 fully saturated rings. The molecule has 0 aliphatic heterocycles. The minimum atomic E-state index is -0.549. The Hall–Kier alpha value is -15.2. The summed E-state index contributed by atoms with van der Waals surface area (Å²) in [7, 11) is 0. The zero-order valence-electron chi connectivity index (χ0n) is 67.3. The van der Waals surface area contributed by atoms with Gasteiger partial charge in [0.1, 0.15) is 0 Å². The van der Waals surface area contributed by atoms with E-state index in [-0.39, 0.29) is 10.8 Å². The first-order chi connectivity index (χ1) is 59.5. The summed E-state index contributed by atoms with van der Waals surface area (Å²) >= 11 is 0. The summed E-state index contributed by atoms with van der Waals surface area (Å²) in [5.74, 6) is 3.89. The fraction of sp³-hybridized carbons (Fsp3) is 0.0609. The van der Waals surface area contributed by atoms with Crippen LogP contribution in [-0.4, -0.2) is 29.9 Å². The van der Waals surface area contributed by atoms with Gasteiger partial charge in [0.15, 0.2) is 34.9 Å². The fourth-order valence-electron chi connectivity index (χ4n) is 20.4. The van der Waals surface area contributed by atoms with Crippen molar-refractivity contribution in [3.63, 3.8) is 0 Å². The van der Waals surface area contributed by atoms with E-state index in [1.54, 1.807) is 0 Å². The van der Waals surface area contributed by atoms with Crippen molar-refractivity contribution in [3.05, 3.63) is 445 Å². The van der Waals surface area contributed by atoms with Gasteiger partial charge in [-0.2, -0.15) is 0 Å². The van der Waals surface area contributed by atoms with E-state index in [2.05, 4.69) is 428 Å². The molecule has 0 saturated carbocycles. The predicted octanol–water partition coefficient (Wildman–Crippen LogP) is 29.0. The molecule has 0 spiro atoms. The smallest absolute Gasteiger partial charge is 0.164 e. The van der Waals surface area contributed by atoms with Crippen LogP contribution in [0, 0.1) is 0 Å². The van der Waals surface area contributed by atoms with Crippen molar-refractivity contribution < 1.29 is 0 Å². The van der Waals surface area contributed by atoms with E-state index >= 15 is 0 Å². The molecule has 2 aromatic heterocycles. The molecule has 21 aromatic rings. The minimum absolute atomic E-state index is 0.160. The van der Waals surface area contributed by atoms with Crippen LogP contribution in [-0.2, 0) is 16.2 Å². The summed E-state index contributed by atoms with van der Waals surface area (Å²) in [6, 6.07) is 145. The summed E-state index contributed by atoms with van der Waals surface area (Å²) in [5, 5.41) is 14.0. The van der Waals surface area contributed by atoms with E-state index in [0.29, 0.717) is 34.9 Å². The number of fused-ring (bicyclic) bond motifs is 17. The zero-order valence-corrected chi connectivity index (χ0v) is 67.3. The van der Waals surface area contributed by atoms with Crippen LogP contribution in [0.15, 0.2) is 400 Å². The molecule has 121 heavy (non-hydrogen) atoms. The highest BCUT2D eigenvalue weighted by Crippen LogP contribution is 2.58. The van der Waals surface area contributed by atoms with Crippen molar-refractivity contribution in [1.29, 1.82) is 0 Å². The van der Waals surface area contributed by atoms with Gasteiger partial charge in [0.2, 0.25) is 0 Å². The second-order valence-corrected chi connectivity index (χ2v) is 33.4. The number of rotatable bonds is 10. The van der Waals surface area contributed by atoms with E-state index in [1.807, 2.05) is 0 Å². The van der Waals surface area contributed by atoms with E-state index in [0.717, 1.165) is 60.3 Å². The lowest BCUT2D eigenvalue weighted by molar-refractivity contribution is 0.660. The molecule has 24 rings (SSSR count). The van der Waals surface area contributed by atoms with Crippen molar-refractivity contribution in [1.82, 2.24) is 29.9 Å². The zero-order chi connectivity index (χ0) is 80.7. The lowest BCUT2D eigenvalue weighted by atomic mass is 9.67. The lowest BCUT2D eigenvalue weighted by Crippen LogP contribution is -2.28. The summed E-state index contributed by atoms with van der Waals surface area (Å²) < 4.78 is 0. The van der Waals surface area contributed by atoms with E-state index in [4.69, 9.17) is 29.9 Å². The number of nitrogens with zero attached hydrogens (tertiary/aromatic N) is 6. The number of benzene rings is 19. The predicted molar refractivity (Wildman–Crippen MR) is 501 cm³/mol. The van der Waals surface area contributed by atoms with Crippen LogP contribution in [0.25, 0.3) is 189 Å². The second kappa shape index (κ2) is 28.0. The van der Waals surface area contributed by atoms with Gasteiger partial charge in [0, 0.05) is 44.2 Å². The van der Waals surface area contributed by atoms with Gasteiger partial charge >= 0.3 is 0 Å². The van der Waals surface area contributed by atoms with Crippen LogP contribution in [0.1, 0.15) is 72.2 Å². The molecule has 0 saturated heterocycles. The summed E-state index contributed by atoms with van der Waals surface area (Å²) in [6.45, 7) is 9.29. The number of hydrogen-bond donors (Lipinski definition) is 0. The van der Waals surface area contributed by atoms with E-state index in [9.17, 15) is 0 Å². The molecule has 0 radical (unpaired) electrons. The fourth-order valence-corrected chi connectivity index (χ4v) is 20.4. The highest BCUT2D eigenvalue weighted by molar-refractivity contribution is 6.22. The van der Waals surface area contributed by atoms with Gasteiger partial charge < -0.3 is 0 Å². The molecule has 0 bridgehead atoms. The molecule has 6 nitrogen and oxygen atoms in total. The average Bonchev–Trinajstić information content (AvgIpc) is 1.55.